The molecule has 4 fully saturated rings. The third-order valence-electron chi connectivity index (χ3n) is 21.5. The lowest BCUT2D eigenvalue weighted by atomic mass is 9.33. The summed E-state index contributed by atoms with van der Waals surface area (Å²) in [5.74, 6) is 1.44. The molecule has 0 radical (unpaired) electrons. The number of hydrogen-bond donors (Lipinski definition) is 0. The highest BCUT2D eigenvalue weighted by molar-refractivity contribution is 7.00. The average molecular weight is 841 g/mol. The molecule has 0 N–H and O–H groups in total. The van der Waals surface area contributed by atoms with Gasteiger partial charge in [-0.25, -0.2) is 0 Å². The van der Waals surface area contributed by atoms with Gasteiger partial charge in [-0.3, -0.25) is 0 Å². The van der Waals surface area contributed by atoms with Crippen LogP contribution in [0.25, 0.3) is 22.3 Å². The summed E-state index contributed by atoms with van der Waals surface area (Å²) >= 11 is 0. The van der Waals surface area contributed by atoms with Crippen LogP contribution in [0.3, 0.4) is 0 Å². The number of para-hydroxylation sites is 2. The second-order valence-electron chi connectivity index (χ2n) is 23.3. The van der Waals surface area contributed by atoms with Gasteiger partial charge in [0.25, 0.3) is 6.71 Å². The molecular formula is C62H57BN2. The zero-order valence-corrected chi connectivity index (χ0v) is 38.8. The second-order valence-corrected chi connectivity index (χ2v) is 23.3. The lowest BCUT2D eigenvalue weighted by Gasteiger charge is -2.49. The third-order valence-corrected chi connectivity index (χ3v) is 21.5. The fraction of sp³-hybridized carbons (Fsp3) is 0.323. The molecule has 2 aliphatic heterocycles. The molecule has 8 aliphatic rings. The van der Waals surface area contributed by atoms with E-state index in [1.54, 1.807) is 22.3 Å². The number of hydrogen-bond acceptors (Lipinski definition) is 2. The van der Waals surface area contributed by atoms with E-state index in [0.29, 0.717) is 5.92 Å². The van der Waals surface area contributed by atoms with Crippen molar-refractivity contribution in [1.29, 1.82) is 0 Å². The van der Waals surface area contributed by atoms with E-state index in [-0.39, 0.29) is 39.2 Å². The van der Waals surface area contributed by atoms with Gasteiger partial charge in [0.2, 0.25) is 0 Å². The molecule has 7 aromatic carbocycles. The molecule has 0 saturated heterocycles. The van der Waals surface area contributed by atoms with Crippen LogP contribution in [0.2, 0.25) is 0 Å². The van der Waals surface area contributed by atoms with Crippen LogP contribution in [-0.2, 0) is 10.8 Å². The quantitative estimate of drug-likeness (QED) is 0.160. The van der Waals surface area contributed by atoms with Crippen LogP contribution >= 0.6 is 0 Å². The van der Waals surface area contributed by atoms with Crippen molar-refractivity contribution in [3.8, 4) is 22.3 Å². The first-order valence-corrected chi connectivity index (χ1v) is 24.9. The molecule has 2 heterocycles. The summed E-state index contributed by atoms with van der Waals surface area (Å²) in [6.45, 7) is 15.8. The highest BCUT2D eigenvalue weighted by Crippen LogP contribution is 2.80. The summed E-state index contributed by atoms with van der Waals surface area (Å²) in [7, 11) is 0. The first kappa shape index (κ1) is 37.4. The van der Waals surface area contributed by atoms with Crippen LogP contribution in [0.1, 0.15) is 102 Å². The number of nitrogens with zero attached hydrogens (tertiary/aromatic N) is 2. The minimum atomic E-state index is -0.0317. The first-order valence-electron chi connectivity index (χ1n) is 24.9. The SMILES string of the molecule is CC1(C)C2CCC1(C)[C@]1(C2)c2ccccc2-c2c1ccc1c2N(c2ccc3c(c2)-c2ccccc2[C@]32C[C@@H]3CCC2(C)C3(C)C)c2cccc3c2B1c1ccccc1N3c1ccccc1. The van der Waals surface area contributed by atoms with Gasteiger partial charge in [0, 0.05) is 50.5 Å². The Morgan fingerprint density at radius 3 is 1.68 bits per heavy atom. The zero-order valence-electron chi connectivity index (χ0n) is 38.8. The van der Waals surface area contributed by atoms with Gasteiger partial charge in [-0.2, -0.15) is 0 Å². The molecule has 318 valence electrons. The van der Waals surface area contributed by atoms with Crippen molar-refractivity contribution >= 4 is 57.2 Å². The Hall–Kier alpha value is -5.80. The maximum Gasteiger partial charge on any atom is 0.252 e. The van der Waals surface area contributed by atoms with Crippen LogP contribution in [-0.4, -0.2) is 6.71 Å². The summed E-state index contributed by atoms with van der Waals surface area (Å²) in [4.78, 5) is 5.29. The van der Waals surface area contributed by atoms with Gasteiger partial charge in [-0.1, -0.05) is 151 Å². The smallest absolute Gasteiger partial charge is 0.252 e. The molecule has 2 spiro atoms. The zero-order chi connectivity index (χ0) is 43.6. The Morgan fingerprint density at radius 2 is 1.00 bits per heavy atom. The fourth-order valence-electron chi connectivity index (χ4n) is 17.7. The standard InChI is InChI=1S/C62H57BN2/c1-57(2)38-31-33-59(57,5)61(36-38)45-21-12-10-19-42(45)44-35-41(27-28-47(44)61)65-53-26-16-25-52-55(53)63(49-23-14-15-24-51(49)64(52)40-17-8-7-9-18-40)50-30-29-48-54(56(50)65)43-20-11-13-22-46(43)62(48)37-39-32-34-60(62,6)58(39,3)4/h7-30,35,38-39H,31-34,36-37H2,1-6H3/t38-,39?,59?,60?,61+,62+/m0/s1. The van der Waals surface area contributed by atoms with Gasteiger partial charge in [0.1, 0.15) is 0 Å². The van der Waals surface area contributed by atoms with Gasteiger partial charge in [-0.05, 0) is 170 Å². The van der Waals surface area contributed by atoms with Gasteiger partial charge >= 0.3 is 0 Å². The van der Waals surface area contributed by atoms with Crippen molar-refractivity contribution < 1.29 is 0 Å². The number of anilines is 6. The van der Waals surface area contributed by atoms with Gasteiger partial charge < -0.3 is 9.80 Å². The summed E-state index contributed by atoms with van der Waals surface area (Å²) in [6.07, 6.45) is 7.73. The molecule has 65 heavy (non-hydrogen) atoms. The lowest BCUT2D eigenvalue weighted by Crippen LogP contribution is -2.61. The van der Waals surface area contributed by atoms with Crippen molar-refractivity contribution in [1.82, 2.24) is 0 Å². The maximum absolute atomic E-state index is 2.76. The van der Waals surface area contributed by atoms with Crippen molar-refractivity contribution in [3.05, 3.63) is 174 Å². The fourth-order valence-corrected chi connectivity index (χ4v) is 17.7. The minimum Gasteiger partial charge on any atom is -0.311 e. The molecule has 6 atom stereocenters. The predicted molar refractivity (Wildman–Crippen MR) is 271 cm³/mol. The summed E-state index contributed by atoms with van der Waals surface area (Å²) in [5, 5.41) is 0. The molecule has 4 bridgehead atoms. The molecule has 7 aromatic rings. The maximum atomic E-state index is 2.76. The van der Waals surface area contributed by atoms with Crippen LogP contribution in [0.4, 0.5) is 34.1 Å². The molecular weight excluding hydrogens is 784 g/mol. The van der Waals surface area contributed by atoms with Crippen LogP contribution in [0.15, 0.2) is 152 Å². The van der Waals surface area contributed by atoms with E-state index in [0.717, 1.165) is 5.92 Å². The monoisotopic (exact) mass is 840 g/mol. The van der Waals surface area contributed by atoms with E-state index >= 15 is 0 Å². The molecule has 3 heteroatoms. The average Bonchev–Trinajstić information content (AvgIpc) is 4.03. The normalized spacial score (nSPS) is 30.0. The van der Waals surface area contributed by atoms with Crippen LogP contribution in [0, 0.1) is 33.5 Å². The Morgan fingerprint density at radius 1 is 0.446 bits per heavy atom. The minimum absolute atomic E-state index is 0.0250. The van der Waals surface area contributed by atoms with E-state index in [2.05, 4.69) is 203 Å². The number of fused-ring (bicyclic) bond motifs is 21. The summed E-state index contributed by atoms with van der Waals surface area (Å²) < 4.78 is 0. The molecule has 0 aromatic heterocycles. The lowest BCUT2D eigenvalue weighted by molar-refractivity contribution is 0.0990. The van der Waals surface area contributed by atoms with Crippen molar-refractivity contribution in [2.45, 2.75) is 90.9 Å². The van der Waals surface area contributed by atoms with Crippen molar-refractivity contribution in [2.24, 2.45) is 33.5 Å². The molecule has 0 amide bonds. The van der Waals surface area contributed by atoms with Crippen molar-refractivity contribution in [2.75, 3.05) is 9.80 Å². The number of benzene rings is 7. The van der Waals surface area contributed by atoms with Crippen molar-refractivity contribution in [3.63, 3.8) is 0 Å². The molecule has 2 nitrogen and oxygen atoms in total. The molecule has 3 unspecified atom stereocenters. The first-order chi connectivity index (χ1) is 31.5. The predicted octanol–water partition coefficient (Wildman–Crippen LogP) is 14.0. The third kappa shape index (κ3) is 3.90. The Balaban J connectivity index is 1.04. The molecule has 15 rings (SSSR count). The van der Waals surface area contributed by atoms with Gasteiger partial charge in [-0.15, -0.1) is 0 Å². The Kier molecular flexibility index (Phi) is 6.78. The van der Waals surface area contributed by atoms with Crippen LogP contribution in [0.5, 0.6) is 0 Å². The van der Waals surface area contributed by atoms with E-state index in [4.69, 9.17) is 0 Å². The molecule has 4 saturated carbocycles. The Labute approximate surface area is 385 Å². The van der Waals surface area contributed by atoms with Crippen LogP contribution < -0.4 is 26.2 Å². The summed E-state index contributed by atoms with van der Waals surface area (Å²) in [5.41, 5.74) is 24.8. The van der Waals surface area contributed by atoms with E-state index in [9.17, 15) is 0 Å². The number of rotatable bonds is 2. The largest absolute Gasteiger partial charge is 0.311 e. The highest BCUT2D eigenvalue weighted by Gasteiger charge is 2.73. The highest BCUT2D eigenvalue weighted by atomic mass is 15.2. The van der Waals surface area contributed by atoms with E-state index in [1.165, 1.54) is 111 Å². The topological polar surface area (TPSA) is 6.48 Å². The van der Waals surface area contributed by atoms with Gasteiger partial charge in [0.05, 0.1) is 0 Å². The molecule has 6 aliphatic carbocycles. The van der Waals surface area contributed by atoms with Gasteiger partial charge in [0.15, 0.2) is 0 Å². The van der Waals surface area contributed by atoms with E-state index < -0.39 is 0 Å². The second kappa shape index (κ2) is 11.8. The Bertz CT molecular complexity index is 3270. The summed E-state index contributed by atoms with van der Waals surface area (Å²) in [6, 6.07) is 59.7. The van der Waals surface area contributed by atoms with E-state index in [1.807, 2.05) is 0 Å².